The summed E-state index contributed by atoms with van der Waals surface area (Å²) >= 11 is 1.87. The maximum absolute atomic E-state index is 4.33. The van der Waals surface area contributed by atoms with E-state index in [1.807, 2.05) is 52.9 Å². The lowest BCUT2D eigenvalue weighted by atomic mass is 10.3. The van der Waals surface area contributed by atoms with Crippen molar-refractivity contribution in [1.82, 2.24) is 5.16 Å². The summed E-state index contributed by atoms with van der Waals surface area (Å²) < 4.78 is 4.33. The van der Waals surface area contributed by atoms with Gasteiger partial charge in [-0.25, -0.2) is 0 Å². The number of aryl methyl sites for hydroxylation is 3. The Bertz CT molecular complexity index is 303. The average Bonchev–Trinajstić information content (AvgIpc) is 3.12. The summed E-state index contributed by atoms with van der Waals surface area (Å²) in [7, 11) is 0. The summed E-state index contributed by atoms with van der Waals surface area (Å²) in [5.74, 6) is 0. The van der Waals surface area contributed by atoms with Crippen LogP contribution in [0.4, 0.5) is 0 Å². The van der Waals surface area contributed by atoms with Crippen LogP contribution in [0.25, 0.3) is 0 Å². The van der Waals surface area contributed by atoms with Crippen molar-refractivity contribution in [2.75, 3.05) is 0 Å². The number of aromatic nitrogens is 1. The first-order chi connectivity index (χ1) is 9.20. The van der Waals surface area contributed by atoms with Crippen LogP contribution in [0, 0.1) is 20.8 Å². The van der Waals surface area contributed by atoms with Crippen molar-refractivity contribution in [1.29, 1.82) is 0 Å². The van der Waals surface area contributed by atoms with Crippen molar-refractivity contribution in [2.24, 2.45) is 0 Å². The normalized spacial score (nSPS) is 7.21. The Labute approximate surface area is 123 Å². The van der Waals surface area contributed by atoms with Crippen LogP contribution in [-0.4, -0.2) is 5.16 Å². The maximum Gasteiger partial charge on any atom is 0.123 e. The van der Waals surface area contributed by atoms with E-state index in [9.17, 15) is 0 Å². The molecule has 0 radical (unpaired) electrons. The molecule has 0 N–H and O–H groups in total. The Balaban J connectivity index is -0.000000202. The fraction of sp³-hybridized carbons (Fsp3) is 0.562. The Hall–Kier alpha value is -1.09. The summed E-state index contributed by atoms with van der Waals surface area (Å²) in [5, 5.41) is 3.35. The van der Waals surface area contributed by atoms with E-state index in [0.29, 0.717) is 0 Å². The van der Waals surface area contributed by atoms with Gasteiger partial charge in [-0.1, -0.05) is 46.7 Å². The zero-order chi connectivity index (χ0) is 15.7. The molecule has 2 aromatic rings. The van der Waals surface area contributed by atoms with Gasteiger partial charge in [0.25, 0.3) is 0 Å². The molecule has 0 fully saturated rings. The summed E-state index contributed by atoms with van der Waals surface area (Å²) in [4.78, 5) is 2.86. The summed E-state index contributed by atoms with van der Waals surface area (Å²) in [5.41, 5.74) is 1.42. The predicted molar refractivity (Wildman–Crippen MR) is 89.1 cm³/mol. The second-order valence-corrected chi connectivity index (χ2v) is 4.25. The van der Waals surface area contributed by atoms with E-state index in [1.165, 1.54) is 21.6 Å². The van der Waals surface area contributed by atoms with Crippen LogP contribution in [0.1, 0.15) is 56.9 Å². The van der Waals surface area contributed by atoms with Crippen molar-refractivity contribution < 1.29 is 4.52 Å². The van der Waals surface area contributed by atoms with Crippen LogP contribution < -0.4 is 0 Å². The van der Waals surface area contributed by atoms with E-state index in [-0.39, 0.29) is 0 Å². The molecule has 2 aromatic heterocycles. The molecule has 2 heterocycles. The molecule has 0 bridgehead atoms. The standard InChI is InChI=1S/C7H10S.C3H3NO.3C2H6/c1-5-4-6(2)8-7(5)3;1-2-4-5-3-1;3*1-2/h4H,1-3H3;1-3H;3*1-2H3. The molecule has 2 rings (SSSR count). The van der Waals surface area contributed by atoms with E-state index in [0.717, 1.165) is 0 Å². The third-order valence-corrected chi connectivity index (χ3v) is 2.70. The van der Waals surface area contributed by atoms with Crippen molar-refractivity contribution in [3.63, 3.8) is 0 Å². The van der Waals surface area contributed by atoms with Crippen molar-refractivity contribution in [3.05, 3.63) is 39.9 Å². The first-order valence-corrected chi connectivity index (χ1v) is 7.90. The molecule has 2 nitrogen and oxygen atoms in total. The second kappa shape index (κ2) is 19.3. The zero-order valence-electron chi connectivity index (χ0n) is 14.1. The second-order valence-electron chi connectivity index (χ2n) is 2.78. The topological polar surface area (TPSA) is 26.0 Å². The van der Waals surface area contributed by atoms with Gasteiger partial charge >= 0.3 is 0 Å². The maximum atomic E-state index is 4.33. The van der Waals surface area contributed by atoms with Gasteiger partial charge in [-0.15, -0.1) is 11.3 Å². The Morgan fingerprint density at radius 1 is 0.947 bits per heavy atom. The first kappa shape index (κ1) is 23.0. The molecule has 19 heavy (non-hydrogen) atoms. The van der Waals surface area contributed by atoms with E-state index in [4.69, 9.17) is 0 Å². The molecular formula is C16H31NOS. The summed E-state index contributed by atoms with van der Waals surface area (Å²) in [6, 6.07) is 3.94. The Morgan fingerprint density at radius 2 is 1.47 bits per heavy atom. The molecular weight excluding hydrogens is 254 g/mol. The fourth-order valence-electron chi connectivity index (χ4n) is 0.934. The highest BCUT2D eigenvalue weighted by molar-refractivity contribution is 7.12. The highest BCUT2D eigenvalue weighted by atomic mass is 32.1. The van der Waals surface area contributed by atoms with Crippen LogP contribution >= 0.6 is 11.3 Å². The summed E-state index contributed by atoms with van der Waals surface area (Å²) in [6.45, 7) is 18.5. The zero-order valence-corrected chi connectivity index (χ0v) is 14.9. The number of hydrogen-bond acceptors (Lipinski definition) is 3. The molecule has 0 aliphatic heterocycles. The van der Waals surface area contributed by atoms with E-state index in [1.54, 1.807) is 12.3 Å². The molecule has 0 aliphatic rings. The Kier molecular flexibility index (Phi) is 23.3. The quantitative estimate of drug-likeness (QED) is 0.557. The van der Waals surface area contributed by atoms with Crippen molar-refractivity contribution >= 4 is 11.3 Å². The predicted octanol–water partition coefficient (Wildman–Crippen LogP) is 6.43. The third-order valence-electron chi connectivity index (χ3n) is 1.64. The van der Waals surface area contributed by atoms with Gasteiger partial charge in [-0.3, -0.25) is 0 Å². The van der Waals surface area contributed by atoms with Crippen LogP contribution in [0.15, 0.2) is 29.1 Å². The Morgan fingerprint density at radius 3 is 1.58 bits per heavy atom. The number of thiophene rings is 1. The molecule has 3 heteroatoms. The molecule has 0 saturated heterocycles. The van der Waals surface area contributed by atoms with Gasteiger partial charge in [0, 0.05) is 9.75 Å². The summed E-state index contributed by atoms with van der Waals surface area (Å²) in [6.07, 6.45) is 3.10. The molecule has 0 atom stereocenters. The minimum atomic E-state index is 1.42. The minimum Gasteiger partial charge on any atom is -0.365 e. The largest absolute Gasteiger partial charge is 0.365 e. The highest BCUT2D eigenvalue weighted by Crippen LogP contribution is 2.18. The molecule has 0 saturated carbocycles. The minimum absolute atomic E-state index is 1.42. The molecule has 0 unspecified atom stereocenters. The number of hydrogen-bond donors (Lipinski definition) is 0. The van der Waals surface area contributed by atoms with E-state index < -0.39 is 0 Å². The average molecular weight is 285 g/mol. The number of nitrogens with zero attached hydrogens (tertiary/aromatic N) is 1. The van der Waals surface area contributed by atoms with Crippen LogP contribution in [-0.2, 0) is 0 Å². The van der Waals surface area contributed by atoms with Crippen molar-refractivity contribution in [3.8, 4) is 0 Å². The van der Waals surface area contributed by atoms with Gasteiger partial charge in [-0.2, -0.15) is 0 Å². The lowest BCUT2D eigenvalue weighted by Crippen LogP contribution is -1.62. The van der Waals surface area contributed by atoms with Gasteiger partial charge < -0.3 is 4.52 Å². The molecule has 112 valence electrons. The fourth-order valence-corrected chi connectivity index (χ4v) is 1.87. The molecule has 0 aromatic carbocycles. The molecule has 0 spiro atoms. The van der Waals surface area contributed by atoms with E-state index >= 15 is 0 Å². The lowest BCUT2D eigenvalue weighted by molar-refractivity contribution is 0.420. The van der Waals surface area contributed by atoms with Gasteiger partial charge in [0.15, 0.2) is 0 Å². The van der Waals surface area contributed by atoms with Gasteiger partial charge in [0.2, 0.25) is 0 Å². The van der Waals surface area contributed by atoms with Crippen LogP contribution in [0.3, 0.4) is 0 Å². The highest BCUT2D eigenvalue weighted by Gasteiger charge is 1.93. The van der Waals surface area contributed by atoms with Gasteiger partial charge in [0.05, 0.1) is 6.20 Å². The SMILES string of the molecule is CC.CC.CC.Cc1cc(C)c(C)s1.c1cnoc1. The smallest absolute Gasteiger partial charge is 0.123 e. The monoisotopic (exact) mass is 285 g/mol. The first-order valence-electron chi connectivity index (χ1n) is 7.08. The van der Waals surface area contributed by atoms with Gasteiger partial charge in [0.1, 0.15) is 6.26 Å². The van der Waals surface area contributed by atoms with Crippen LogP contribution in [0.2, 0.25) is 0 Å². The van der Waals surface area contributed by atoms with Gasteiger partial charge in [-0.05, 0) is 38.5 Å². The molecule has 0 amide bonds. The number of rotatable bonds is 0. The lowest BCUT2D eigenvalue weighted by Gasteiger charge is -1.79. The molecule has 0 aliphatic carbocycles. The van der Waals surface area contributed by atoms with Crippen LogP contribution in [0.5, 0.6) is 0 Å². The third kappa shape index (κ3) is 14.9. The van der Waals surface area contributed by atoms with E-state index in [2.05, 4.69) is 36.5 Å². The van der Waals surface area contributed by atoms with Crippen molar-refractivity contribution in [2.45, 2.75) is 62.3 Å².